The fourth-order valence-electron chi connectivity index (χ4n) is 1.50. The number of aryl methyl sites for hydroxylation is 1. The van der Waals surface area contributed by atoms with E-state index in [1.54, 1.807) is 25.1 Å². The van der Waals surface area contributed by atoms with Crippen molar-refractivity contribution in [2.45, 2.75) is 13.8 Å². The summed E-state index contributed by atoms with van der Waals surface area (Å²) >= 11 is 13.4. The van der Waals surface area contributed by atoms with Crippen LogP contribution in [0.5, 0.6) is 0 Å². The molecule has 1 heterocycles. The second-order valence-electron chi connectivity index (χ2n) is 3.71. The summed E-state index contributed by atoms with van der Waals surface area (Å²) in [7, 11) is 0. The van der Waals surface area contributed by atoms with Crippen LogP contribution in [0.1, 0.15) is 22.3 Å². The summed E-state index contributed by atoms with van der Waals surface area (Å²) in [6.07, 6.45) is 0. The van der Waals surface area contributed by atoms with Gasteiger partial charge in [-0.05, 0) is 19.1 Å². The SMILES string of the molecule is CC(=O)c1sc(Nc2c(Cl)cccc2Cl)nc1C. The predicted molar refractivity (Wildman–Crippen MR) is 76.6 cm³/mol. The maximum atomic E-state index is 11.4. The summed E-state index contributed by atoms with van der Waals surface area (Å²) in [4.78, 5) is 16.3. The maximum Gasteiger partial charge on any atom is 0.188 e. The van der Waals surface area contributed by atoms with Gasteiger partial charge in [-0.1, -0.05) is 40.6 Å². The van der Waals surface area contributed by atoms with Crippen molar-refractivity contribution in [3.05, 3.63) is 38.8 Å². The van der Waals surface area contributed by atoms with Crippen LogP contribution in [0.15, 0.2) is 18.2 Å². The van der Waals surface area contributed by atoms with Gasteiger partial charge in [0.1, 0.15) is 0 Å². The molecule has 94 valence electrons. The van der Waals surface area contributed by atoms with Gasteiger partial charge in [0.2, 0.25) is 0 Å². The summed E-state index contributed by atoms with van der Waals surface area (Å²) in [6, 6.07) is 5.24. The van der Waals surface area contributed by atoms with Gasteiger partial charge in [-0.25, -0.2) is 4.98 Å². The summed E-state index contributed by atoms with van der Waals surface area (Å²) in [5.74, 6) is 0.00306. The van der Waals surface area contributed by atoms with Crippen molar-refractivity contribution < 1.29 is 4.79 Å². The number of hydrogen-bond donors (Lipinski definition) is 1. The fraction of sp³-hybridized carbons (Fsp3) is 0.167. The smallest absolute Gasteiger partial charge is 0.188 e. The lowest BCUT2D eigenvalue weighted by molar-refractivity contribution is 0.102. The van der Waals surface area contributed by atoms with Crippen molar-refractivity contribution in [2.75, 3.05) is 5.32 Å². The number of thiazole rings is 1. The van der Waals surface area contributed by atoms with Crippen LogP contribution in [-0.2, 0) is 0 Å². The van der Waals surface area contributed by atoms with Gasteiger partial charge < -0.3 is 5.32 Å². The first kappa shape index (κ1) is 13.3. The highest BCUT2D eigenvalue weighted by molar-refractivity contribution is 7.17. The molecule has 0 saturated carbocycles. The molecule has 1 aromatic heterocycles. The molecule has 0 radical (unpaired) electrons. The number of nitrogens with one attached hydrogen (secondary N) is 1. The fourth-order valence-corrected chi connectivity index (χ4v) is 2.86. The van der Waals surface area contributed by atoms with Crippen molar-refractivity contribution in [3.63, 3.8) is 0 Å². The average Bonchev–Trinajstić information content (AvgIpc) is 2.65. The molecule has 0 unspecified atom stereocenters. The predicted octanol–water partition coefficient (Wildman–Crippen LogP) is 4.70. The molecule has 0 saturated heterocycles. The molecular weight excluding hydrogens is 291 g/mol. The van der Waals surface area contributed by atoms with Crippen molar-refractivity contribution in [1.82, 2.24) is 4.98 Å². The van der Waals surface area contributed by atoms with Gasteiger partial charge in [0.05, 0.1) is 26.3 Å². The van der Waals surface area contributed by atoms with E-state index in [1.807, 2.05) is 0 Å². The Balaban J connectivity index is 2.35. The van der Waals surface area contributed by atoms with E-state index < -0.39 is 0 Å². The second-order valence-corrected chi connectivity index (χ2v) is 5.52. The van der Waals surface area contributed by atoms with Gasteiger partial charge in [0, 0.05) is 6.92 Å². The molecule has 18 heavy (non-hydrogen) atoms. The first-order valence-corrected chi connectivity index (χ1v) is 6.75. The monoisotopic (exact) mass is 300 g/mol. The van der Waals surface area contributed by atoms with Crippen molar-refractivity contribution in [2.24, 2.45) is 0 Å². The summed E-state index contributed by atoms with van der Waals surface area (Å²) in [5.41, 5.74) is 1.31. The number of carbonyl (C=O) groups excluding carboxylic acids is 1. The molecule has 3 nitrogen and oxygen atoms in total. The molecular formula is C12H10Cl2N2OS. The maximum absolute atomic E-state index is 11.4. The number of aromatic nitrogens is 1. The molecule has 2 rings (SSSR count). The van der Waals surface area contributed by atoms with E-state index in [9.17, 15) is 4.79 Å². The lowest BCUT2D eigenvalue weighted by Crippen LogP contribution is -1.91. The van der Waals surface area contributed by atoms with Gasteiger partial charge >= 0.3 is 0 Å². The van der Waals surface area contributed by atoms with E-state index in [4.69, 9.17) is 23.2 Å². The number of para-hydroxylation sites is 1. The minimum Gasteiger partial charge on any atom is -0.329 e. The number of ketones is 1. The molecule has 0 aliphatic carbocycles. The number of Topliss-reactive ketones (excluding diaryl/α,β-unsaturated/α-hetero) is 1. The highest BCUT2D eigenvalue weighted by Crippen LogP contribution is 2.34. The molecule has 1 aromatic carbocycles. The average molecular weight is 301 g/mol. The molecule has 0 spiro atoms. The van der Waals surface area contributed by atoms with Gasteiger partial charge in [-0.3, -0.25) is 4.79 Å². The van der Waals surface area contributed by atoms with E-state index in [0.717, 1.165) is 0 Å². The Morgan fingerprint density at radius 1 is 1.33 bits per heavy atom. The highest BCUT2D eigenvalue weighted by atomic mass is 35.5. The molecule has 0 amide bonds. The van der Waals surface area contributed by atoms with Crippen molar-refractivity contribution in [1.29, 1.82) is 0 Å². The summed E-state index contributed by atoms with van der Waals surface area (Å²) < 4.78 is 0. The molecule has 0 atom stereocenters. The van der Waals surface area contributed by atoms with E-state index >= 15 is 0 Å². The Morgan fingerprint density at radius 3 is 2.44 bits per heavy atom. The Hall–Kier alpha value is -1.10. The minimum absolute atomic E-state index is 0.00306. The van der Waals surface area contributed by atoms with E-state index in [0.29, 0.717) is 31.4 Å². The Labute approximate surface area is 119 Å². The summed E-state index contributed by atoms with van der Waals surface area (Å²) in [5, 5.41) is 4.68. The first-order chi connectivity index (χ1) is 8.49. The zero-order valence-electron chi connectivity index (χ0n) is 9.75. The van der Waals surface area contributed by atoms with E-state index in [-0.39, 0.29) is 5.78 Å². The number of rotatable bonds is 3. The van der Waals surface area contributed by atoms with Crippen molar-refractivity contribution in [3.8, 4) is 0 Å². The number of carbonyl (C=O) groups is 1. The Bertz CT molecular complexity index is 590. The van der Waals surface area contributed by atoms with Gasteiger partial charge in [0.15, 0.2) is 10.9 Å². The van der Waals surface area contributed by atoms with Crippen molar-refractivity contribution >= 4 is 51.1 Å². The number of hydrogen-bond acceptors (Lipinski definition) is 4. The molecule has 0 aliphatic rings. The standard InChI is InChI=1S/C12H10Cl2N2OS/c1-6-11(7(2)17)18-12(15-6)16-10-8(13)4-3-5-9(10)14/h3-5H,1-2H3,(H,15,16). The first-order valence-electron chi connectivity index (χ1n) is 5.18. The van der Waals surface area contributed by atoms with E-state index in [1.165, 1.54) is 18.3 Å². The number of anilines is 2. The van der Waals surface area contributed by atoms with Gasteiger partial charge in [0.25, 0.3) is 0 Å². The topological polar surface area (TPSA) is 42.0 Å². The zero-order valence-corrected chi connectivity index (χ0v) is 12.1. The van der Waals surface area contributed by atoms with Crippen LogP contribution >= 0.6 is 34.5 Å². The molecule has 0 fully saturated rings. The molecule has 1 N–H and O–H groups in total. The third-order valence-corrected chi connectivity index (χ3v) is 4.11. The molecule has 0 bridgehead atoms. The van der Waals surface area contributed by atoms with Crippen LogP contribution in [-0.4, -0.2) is 10.8 Å². The van der Waals surface area contributed by atoms with E-state index in [2.05, 4.69) is 10.3 Å². The molecule has 0 aliphatic heterocycles. The number of halogens is 2. The van der Waals surface area contributed by atoms with Crippen LogP contribution in [0.25, 0.3) is 0 Å². The van der Waals surface area contributed by atoms with Crippen LogP contribution < -0.4 is 5.32 Å². The lowest BCUT2D eigenvalue weighted by atomic mass is 10.3. The summed E-state index contributed by atoms with van der Waals surface area (Å²) in [6.45, 7) is 3.32. The minimum atomic E-state index is 0.00306. The normalized spacial score (nSPS) is 10.4. The number of nitrogens with zero attached hydrogens (tertiary/aromatic N) is 1. The van der Waals surface area contributed by atoms with Gasteiger partial charge in [-0.2, -0.15) is 0 Å². The largest absolute Gasteiger partial charge is 0.329 e. The third kappa shape index (κ3) is 2.66. The highest BCUT2D eigenvalue weighted by Gasteiger charge is 2.13. The molecule has 2 aromatic rings. The Morgan fingerprint density at radius 2 is 1.94 bits per heavy atom. The van der Waals surface area contributed by atoms with Gasteiger partial charge in [-0.15, -0.1) is 0 Å². The Kier molecular flexibility index (Phi) is 3.90. The van der Waals surface area contributed by atoms with Crippen LogP contribution in [0, 0.1) is 6.92 Å². The second kappa shape index (κ2) is 5.26. The number of benzene rings is 1. The quantitative estimate of drug-likeness (QED) is 0.835. The van der Waals surface area contributed by atoms with Crippen LogP contribution in [0.2, 0.25) is 10.0 Å². The van der Waals surface area contributed by atoms with Crippen LogP contribution in [0.3, 0.4) is 0 Å². The lowest BCUT2D eigenvalue weighted by Gasteiger charge is -2.06. The van der Waals surface area contributed by atoms with Crippen LogP contribution in [0.4, 0.5) is 10.8 Å². The third-order valence-electron chi connectivity index (χ3n) is 2.31. The zero-order chi connectivity index (χ0) is 13.3. The molecule has 6 heteroatoms.